The van der Waals surface area contributed by atoms with Crippen molar-refractivity contribution in [2.24, 2.45) is 0 Å². The van der Waals surface area contributed by atoms with Crippen LogP contribution in [0.1, 0.15) is 17.0 Å². The Kier molecular flexibility index (Phi) is 4.17. The molecule has 0 fully saturated rings. The van der Waals surface area contributed by atoms with Crippen molar-refractivity contribution in [3.05, 3.63) is 77.0 Å². The van der Waals surface area contributed by atoms with E-state index < -0.39 is 0 Å². The Morgan fingerprint density at radius 1 is 1.03 bits per heavy atom. The van der Waals surface area contributed by atoms with Crippen LogP contribution in [0, 0.1) is 13.8 Å². The fraction of sp³-hybridized carbons (Fsp3) is 0.143. The monoisotopic (exact) mass is 404 g/mol. The molecule has 0 spiro atoms. The lowest BCUT2D eigenvalue weighted by Crippen LogP contribution is -1.99. The fourth-order valence-electron chi connectivity index (χ4n) is 3.32. The maximum absolute atomic E-state index is 6.22. The first-order chi connectivity index (χ1) is 14.1. The summed E-state index contributed by atoms with van der Waals surface area (Å²) in [5, 5.41) is 10.5. The summed E-state index contributed by atoms with van der Waals surface area (Å²) < 4.78 is 9.33. The van der Waals surface area contributed by atoms with Gasteiger partial charge in [-0.05, 0) is 49.2 Å². The Bertz CT molecular complexity index is 1320. The van der Waals surface area contributed by atoms with Crippen molar-refractivity contribution in [2.75, 3.05) is 0 Å². The van der Waals surface area contributed by atoms with Gasteiger partial charge in [0.15, 0.2) is 17.1 Å². The Morgan fingerprint density at radius 2 is 1.79 bits per heavy atom. The molecule has 0 atom stereocenters. The molecule has 0 N–H and O–H groups in total. The molecule has 0 saturated heterocycles. The molecule has 0 aliphatic rings. The second-order valence-corrected chi connectivity index (χ2v) is 7.21. The van der Waals surface area contributed by atoms with Crippen LogP contribution in [0.3, 0.4) is 0 Å². The van der Waals surface area contributed by atoms with Crippen LogP contribution in [0.15, 0.2) is 55.0 Å². The molecule has 3 heterocycles. The highest BCUT2D eigenvalue weighted by atomic mass is 35.5. The molecule has 7 nitrogen and oxygen atoms in total. The van der Waals surface area contributed by atoms with E-state index in [1.807, 2.05) is 56.3 Å². The molecule has 5 rings (SSSR count). The number of aryl methyl sites for hydroxylation is 2. The molecular weight excluding hydrogens is 388 g/mol. The number of halogens is 1. The van der Waals surface area contributed by atoms with Gasteiger partial charge in [-0.15, -0.1) is 5.10 Å². The Labute approximate surface area is 171 Å². The molecule has 0 bridgehead atoms. The highest BCUT2D eigenvalue weighted by molar-refractivity contribution is 6.32. The van der Waals surface area contributed by atoms with Gasteiger partial charge in [0.2, 0.25) is 0 Å². The maximum Gasteiger partial charge on any atom is 0.189 e. The summed E-state index contributed by atoms with van der Waals surface area (Å²) in [6.45, 7) is 4.16. The molecule has 0 aliphatic heterocycles. The normalized spacial score (nSPS) is 11.4. The van der Waals surface area contributed by atoms with Crippen molar-refractivity contribution in [3.63, 3.8) is 0 Å². The highest BCUT2D eigenvalue weighted by Gasteiger charge is 2.14. The number of aromatic nitrogens is 6. The minimum absolute atomic E-state index is 0.247. The van der Waals surface area contributed by atoms with E-state index in [1.165, 1.54) is 0 Å². The molecule has 0 aliphatic carbocycles. The first-order valence-corrected chi connectivity index (χ1v) is 9.51. The molecule has 0 saturated carbocycles. The second kappa shape index (κ2) is 6.86. The van der Waals surface area contributed by atoms with E-state index in [-0.39, 0.29) is 6.61 Å². The standard InChI is InChI=1S/C21H17ClN6O/c1-13-8-16(9-14(2)19(13)22)29-11-18-25-21-17-10-24-28(15-6-4-3-5-7-15)20(17)23-12-27(21)26-18/h3-10,12H,11H2,1-2H3. The lowest BCUT2D eigenvalue weighted by atomic mass is 10.1. The predicted octanol–water partition coefficient (Wildman–Crippen LogP) is 4.31. The van der Waals surface area contributed by atoms with Gasteiger partial charge in [-0.25, -0.2) is 19.2 Å². The summed E-state index contributed by atoms with van der Waals surface area (Å²) in [6, 6.07) is 13.7. The van der Waals surface area contributed by atoms with Crippen LogP contribution in [0.25, 0.3) is 22.4 Å². The number of rotatable bonds is 4. The predicted molar refractivity (Wildman–Crippen MR) is 111 cm³/mol. The Balaban J connectivity index is 1.48. The number of para-hydroxylation sites is 1. The van der Waals surface area contributed by atoms with Gasteiger partial charge in [-0.3, -0.25) is 0 Å². The first-order valence-electron chi connectivity index (χ1n) is 9.13. The summed E-state index contributed by atoms with van der Waals surface area (Å²) >= 11 is 6.22. The summed E-state index contributed by atoms with van der Waals surface area (Å²) in [7, 11) is 0. The van der Waals surface area contributed by atoms with Crippen molar-refractivity contribution in [1.29, 1.82) is 0 Å². The lowest BCUT2D eigenvalue weighted by molar-refractivity contribution is 0.295. The topological polar surface area (TPSA) is 70.1 Å². The van der Waals surface area contributed by atoms with E-state index in [9.17, 15) is 0 Å². The lowest BCUT2D eigenvalue weighted by Gasteiger charge is -2.08. The summed E-state index contributed by atoms with van der Waals surface area (Å²) in [5.74, 6) is 1.31. The van der Waals surface area contributed by atoms with Gasteiger partial charge in [0.25, 0.3) is 0 Å². The minimum atomic E-state index is 0.247. The van der Waals surface area contributed by atoms with Crippen LogP contribution in [0.2, 0.25) is 5.02 Å². The number of fused-ring (bicyclic) bond motifs is 3. The van der Waals surface area contributed by atoms with E-state index in [0.29, 0.717) is 11.5 Å². The van der Waals surface area contributed by atoms with Crippen molar-refractivity contribution in [2.45, 2.75) is 20.5 Å². The van der Waals surface area contributed by atoms with E-state index >= 15 is 0 Å². The average molecular weight is 405 g/mol. The van der Waals surface area contributed by atoms with Gasteiger partial charge < -0.3 is 4.74 Å². The number of benzene rings is 2. The average Bonchev–Trinajstić information content (AvgIpc) is 3.34. The van der Waals surface area contributed by atoms with Crippen LogP contribution >= 0.6 is 11.6 Å². The molecule has 0 radical (unpaired) electrons. The van der Waals surface area contributed by atoms with Gasteiger partial charge >= 0.3 is 0 Å². The van der Waals surface area contributed by atoms with E-state index in [4.69, 9.17) is 16.3 Å². The Morgan fingerprint density at radius 3 is 2.55 bits per heavy atom. The van der Waals surface area contributed by atoms with Gasteiger partial charge in [0, 0.05) is 5.02 Å². The fourth-order valence-corrected chi connectivity index (χ4v) is 3.43. The van der Waals surface area contributed by atoms with Crippen LogP contribution < -0.4 is 4.74 Å². The molecule has 0 amide bonds. The van der Waals surface area contributed by atoms with Gasteiger partial charge in [0.1, 0.15) is 18.7 Å². The smallest absolute Gasteiger partial charge is 0.189 e. The quantitative estimate of drug-likeness (QED) is 0.446. The van der Waals surface area contributed by atoms with Gasteiger partial charge in [-0.1, -0.05) is 29.8 Å². The number of hydrogen-bond donors (Lipinski definition) is 0. The summed E-state index contributed by atoms with van der Waals surface area (Å²) in [6.07, 6.45) is 3.40. The molecule has 29 heavy (non-hydrogen) atoms. The van der Waals surface area contributed by atoms with E-state index in [1.54, 1.807) is 21.7 Å². The van der Waals surface area contributed by atoms with Crippen LogP contribution in [0.4, 0.5) is 0 Å². The zero-order chi connectivity index (χ0) is 20.0. The summed E-state index contributed by atoms with van der Waals surface area (Å²) in [4.78, 5) is 9.15. The third kappa shape index (κ3) is 3.09. The number of nitrogens with zero attached hydrogens (tertiary/aromatic N) is 6. The van der Waals surface area contributed by atoms with E-state index in [0.717, 1.165) is 38.6 Å². The van der Waals surface area contributed by atoms with Gasteiger partial charge in [0.05, 0.1) is 17.3 Å². The van der Waals surface area contributed by atoms with Crippen molar-refractivity contribution in [3.8, 4) is 11.4 Å². The summed E-state index contributed by atoms with van der Waals surface area (Å²) in [5.41, 5.74) is 4.32. The Hall–Kier alpha value is -3.45. The van der Waals surface area contributed by atoms with Gasteiger partial charge in [-0.2, -0.15) is 5.10 Å². The third-order valence-corrected chi connectivity index (χ3v) is 5.32. The highest BCUT2D eigenvalue weighted by Crippen LogP contribution is 2.26. The zero-order valence-corrected chi connectivity index (χ0v) is 16.6. The van der Waals surface area contributed by atoms with Crippen molar-refractivity contribution in [1.82, 2.24) is 29.4 Å². The molecule has 3 aromatic heterocycles. The zero-order valence-electron chi connectivity index (χ0n) is 15.9. The maximum atomic E-state index is 6.22. The molecular formula is C21H17ClN6O. The number of hydrogen-bond acceptors (Lipinski definition) is 5. The molecule has 144 valence electrons. The first kappa shape index (κ1) is 17.6. The third-order valence-electron chi connectivity index (χ3n) is 4.73. The minimum Gasteiger partial charge on any atom is -0.486 e. The van der Waals surface area contributed by atoms with Crippen LogP contribution in [-0.4, -0.2) is 29.4 Å². The van der Waals surface area contributed by atoms with Crippen LogP contribution in [-0.2, 0) is 6.61 Å². The molecule has 5 aromatic rings. The van der Waals surface area contributed by atoms with Crippen LogP contribution in [0.5, 0.6) is 5.75 Å². The second-order valence-electron chi connectivity index (χ2n) is 6.83. The van der Waals surface area contributed by atoms with Crippen molar-refractivity contribution < 1.29 is 4.74 Å². The SMILES string of the molecule is Cc1cc(OCc2nc3c4cnn(-c5ccccc5)c4ncn3n2)cc(C)c1Cl. The molecule has 8 heteroatoms. The molecule has 2 aromatic carbocycles. The van der Waals surface area contributed by atoms with Crippen molar-refractivity contribution >= 4 is 28.3 Å². The number of ether oxygens (including phenoxy) is 1. The van der Waals surface area contributed by atoms with E-state index in [2.05, 4.69) is 20.2 Å². The molecule has 0 unspecified atom stereocenters. The largest absolute Gasteiger partial charge is 0.486 e.